The lowest BCUT2D eigenvalue weighted by atomic mass is 10.1. The van der Waals surface area contributed by atoms with Crippen LogP contribution in [0.15, 0.2) is 52.1 Å². The lowest BCUT2D eigenvalue weighted by Crippen LogP contribution is -2.39. The van der Waals surface area contributed by atoms with Crippen LogP contribution in [0.4, 0.5) is 4.39 Å². The van der Waals surface area contributed by atoms with E-state index in [1.165, 1.54) is 6.07 Å². The zero-order valence-corrected chi connectivity index (χ0v) is 19.4. The van der Waals surface area contributed by atoms with Crippen molar-refractivity contribution in [3.8, 4) is 0 Å². The summed E-state index contributed by atoms with van der Waals surface area (Å²) in [5.74, 6) is 1.45. The Morgan fingerprint density at radius 1 is 1.14 bits per heavy atom. The molecule has 1 aromatic carbocycles. The van der Waals surface area contributed by atoms with E-state index in [9.17, 15) is 4.39 Å². The number of fused-ring (bicyclic) bond motifs is 1. The first-order valence-electron chi connectivity index (χ1n) is 8.84. The predicted molar refractivity (Wildman–Crippen MR) is 124 cm³/mol. The van der Waals surface area contributed by atoms with Gasteiger partial charge in [0.2, 0.25) is 0 Å². The molecule has 0 spiro atoms. The van der Waals surface area contributed by atoms with Crippen LogP contribution < -0.4 is 10.6 Å². The fourth-order valence-electron chi connectivity index (χ4n) is 2.78. The molecule has 2 heterocycles. The number of hydrogen-bond donors (Lipinski definition) is 2. The van der Waals surface area contributed by atoms with Crippen LogP contribution in [0, 0.1) is 5.82 Å². The van der Waals surface area contributed by atoms with Gasteiger partial charge in [-0.3, -0.25) is 9.39 Å². The Morgan fingerprint density at radius 3 is 2.75 bits per heavy atom. The molecule has 0 atom stereocenters. The zero-order chi connectivity index (χ0) is 19.1. The maximum atomic E-state index is 13.8. The van der Waals surface area contributed by atoms with Gasteiger partial charge in [-0.05, 0) is 42.7 Å². The van der Waals surface area contributed by atoms with Gasteiger partial charge < -0.3 is 10.6 Å². The Labute approximate surface area is 189 Å². The summed E-state index contributed by atoms with van der Waals surface area (Å²) in [5, 5.41) is 14.9. The molecule has 0 saturated heterocycles. The van der Waals surface area contributed by atoms with Crippen LogP contribution in [0.2, 0.25) is 0 Å². The second-order valence-corrected chi connectivity index (χ2v) is 6.98. The third-order valence-corrected chi connectivity index (χ3v) is 4.67. The Kier molecular flexibility index (Phi) is 9.10. The average molecular weight is 561 g/mol. The summed E-state index contributed by atoms with van der Waals surface area (Å²) in [6.45, 7) is 1.40. The standard InChI is InChI=1S/C19H22BrFN6.HI/c1-22-19(23-10-4-5-14-7-8-15(20)13-16(14)21)24-11-9-18-26-25-17-6-2-3-12-27(17)18;/h2-3,6-8,12-13H,4-5,9-11H2,1H3,(H2,22,23,24);1H. The third-order valence-electron chi connectivity index (χ3n) is 4.18. The molecular weight excluding hydrogens is 538 g/mol. The first-order chi connectivity index (χ1) is 13.2. The molecule has 0 amide bonds. The normalized spacial score (nSPS) is 11.3. The van der Waals surface area contributed by atoms with E-state index in [0.29, 0.717) is 19.5 Å². The molecule has 2 N–H and O–H groups in total. The SMILES string of the molecule is CN=C(NCCCc1ccc(Br)cc1F)NCCc1nnc2ccccn12.I. The van der Waals surface area contributed by atoms with Crippen molar-refractivity contribution in [2.24, 2.45) is 4.99 Å². The van der Waals surface area contributed by atoms with Crippen LogP contribution in [0.25, 0.3) is 5.65 Å². The summed E-state index contributed by atoms with van der Waals surface area (Å²) in [5.41, 5.74) is 1.57. The minimum atomic E-state index is -0.174. The smallest absolute Gasteiger partial charge is 0.190 e. The molecule has 0 bridgehead atoms. The van der Waals surface area contributed by atoms with Gasteiger partial charge in [0.1, 0.15) is 11.6 Å². The number of nitrogens with zero attached hydrogens (tertiary/aromatic N) is 4. The molecule has 3 rings (SSSR count). The van der Waals surface area contributed by atoms with Crippen molar-refractivity contribution in [2.75, 3.05) is 20.1 Å². The number of nitrogens with one attached hydrogen (secondary N) is 2. The highest BCUT2D eigenvalue weighted by atomic mass is 127. The van der Waals surface area contributed by atoms with Gasteiger partial charge in [0.05, 0.1) is 0 Å². The van der Waals surface area contributed by atoms with Gasteiger partial charge in [0, 0.05) is 37.2 Å². The molecule has 0 unspecified atom stereocenters. The van der Waals surface area contributed by atoms with Crippen molar-refractivity contribution in [3.63, 3.8) is 0 Å². The zero-order valence-electron chi connectivity index (χ0n) is 15.5. The van der Waals surface area contributed by atoms with Crippen LogP contribution in [-0.4, -0.2) is 40.7 Å². The van der Waals surface area contributed by atoms with E-state index in [-0.39, 0.29) is 29.8 Å². The van der Waals surface area contributed by atoms with Gasteiger partial charge in [-0.15, -0.1) is 34.2 Å². The number of rotatable bonds is 7. The predicted octanol–water partition coefficient (Wildman–Crippen LogP) is 3.59. The van der Waals surface area contributed by atoms with Gasteiger partial charge in [0.15, 0.2) is 11.6 Å². The van der Waals surface area contributed by atoms with Crippen LogP contribution >= 0.6 is 39.9 Å². The molecule has 2 aromatic heterocycles. The van der Waals surface area contributed by atoms with Crippen molar-refractivity contribution in [3.05, 3.63) is 64.3 Å². The lowest BCUT2D eigenvalue weighted by molar-refractivity contribution is 0.601. The monoisotopic (exact) mass is 560 g/mol. The van der Waals surface area contributed by atoms with Gasteiger partial charge in [-0.2, -0.15) is 0 Å². The number of aliphatic imine (C=N–C) groups is 1. The maximum absolute atomic E-state index is 13.8. The van der Waals surface area contributed by atoms with E-state index >= 15 is 0 Å². The van der Waals surface area contributed by atoms with Gasteiger partial charge in [0.25, 0.3) is 0 Å². The van der Waals surface area contributed by atoms with Crippen LogP contribution in [-0.2, 0) is 12.8 Å². The molecule has 6 nitrogen and oxygen atoms in total. The minimum absolute atomic E-state index is 0. The molecule has 0 aliphatic carbocycles. The first kappa shape index (κ1) is 22.5. The number of benzene rings is 1. The third kappa shape index (κ3) is 6.13. The molecular formula is C19H23BrFIN6. The fraction of sp³-hybridized carbons (Fsp3) is 0.316. The number of guanidine groups is 1. The summed E-state index contributed by atoms with van der Waals surface area (Å²) in [4.78, 5) is 4.21. The molecule has 0 fully saturated rings. The van der Waals surface area contributed by atoms with E-state index < -0.39 is 0 Å². The van der Waals surface area contributed by atoms with E-state index in [1.807, 2.05) is 40.9 Å². The molecule has 0 radical (unpaired) electrons. The van der Waals surface area contributed by atoms with Gasteiger partial charge in [-0.1, -0.05) is 28.1 Å². The quantitative estimate of drug-likeness (QED) is 0.201. The number of aryl methyl sites for hydroxylation is 1. The lowest BCUT2D eigenvalue weighted by Gasteiger charge is -2.11. The van der Waals surface area contributed by atoms with E-state index in [2.05, 4.69) is 41.8 Å². The summed E-state index contributed by atoms with van der Waals surface area (Å²) in [7, 11) is 1.73. The highest BCUT2D eigenvalue weighted by Crippen LogP contribution is 2.16. The molecule has 150 valence electrons. The molecule has 3 aromatic rings. The number of hydrogen-bond acceptors (Lipinski definition) is 3. The van der Waals surface area contributed by atoms with Gasteiger partial charge in [-0.25, -0.2) is 4.39 Å². The molecule has 0 aliphatic heterocycles. The largest absolute Gasteiger partial charge is 0.356 e. The Hall–Kier alpha value is -1.75. The molecule has 0 aliphatic rings. The Morgan fingerprint density at radius 2 is 1.96 bits per heavy atom. The molecule has 9 heteroatoms. The molecule has 0 saturated carbocycles. The summed E-state index contributed by atoms with van der Waals surface area (Å²) in [6, 6.07) is 11.0. The number of aromatic nitrogens is 3. The van der Waals surface area contributed by atoms with Gasteiger partial charge >= 0.3 is 0 Å². The maximum Gasteiger partial charge on any atom is 0.190 e. The Bertz CT molecular complexity index is 930. The van der Waals surface area contributed by atoms with E-state index in [0.717, 1.165) is 40.3 Å². The van der Waals surface area contributed by atoms with Crippen LogP contribution in [0.5, 0.6) is 0 Å². The van der Waals surface area contributed by atoms with Crippen molar-refractivity contribution in [2.45, 2.75) is 19.3 Å². The van der Waals surface area contributed by atoms with Crippen molar-refractivity contribution in [1.82, 2.24) is 25.2 Å². The second-order valence-electron chi connectivity index (χ2n) is 6.06. The van der Waals surface area contributed by atoms with E-state index in [4.69, 9.17) is 0 Å². The van der Waals surface area contributed by atoms with Crippen LogP contribution in [0.1, 0.15) is 17.8 Å². The highest BCUT2D eigenvalue weighted by molar-refractivity contribution is 14.0. The second kappa shape index (κ2) is 11.3. The number of pyridine rings is 1. The summed E-state index contributed by atoms with van der Waals surface area (Å²) < 4.78 is 16.5. The minimum Gasteiger partial charge on any atom is -0.356 e. The Balaban J connectivity index is 0.00000280. The summed E-state index contributed by atoms with van der Waals surface area (Å²) in [6.07, 6.45) is 4.18. The topological polar surface area (TPSA) is 66.6 Å². The van der Waals surface area contributed by atoms with Crippen molar-refractivity contribution < 1.29 is 4.39 Å². The fourth-order valence-corrected chi connectivity index (χ4v) is 3.12. The van der Waals surface area contributed by atoms with Crippen molar-refractivity contribution in [1.29, 1.82) is 0 Å². The first-order valence-corrected chi connectivity index (χ1v) is 9.64. The van der Waals surface area contributed by atoms with Crippen molar-refractivity contribution >= 4 is 51.5 Å². The van der Waals surface area contributed by atoms with E-state index in [1.54, 1.807) is 7.05 Å². The highest BCUT2D eigenvalue weighted by Gasteiger charge is 2.06. The molecule has 28 heavy (non-hydrogen) atoms. The van der Waals surface area contributed by atoms with Crippen LogP contribution in [0.3, 0.4) is 0 Å². The summed E-state index contributed by atoms with van der Waals surface area (Å²) >= 11 is 3.27. The number of halogens is 3. The average Bonchev–Trinajstić information content (AvgIpc) is 3.08.